The zero-order valence-corrected chi connectivity index (χ0v) is 16.7. The third-order valence-corrected chi connectivity index (χ3v) is 5.86. The van der Waals surface area contributed by atoms with E-state index < -0.39 is 0 Å². The smallest absolute Gasteiger partial charge is 0.293 e. The Hall–Kier alpha value is -2.16. The number of nitrogens with one attached hydrogen (secondary N) is 1. The minimum atomic E-state index is -0.294. The van der Waals surface area contributed by atoms with E-state index in [9.17, 15) is 9.59 Å². The molecule has 1 aliphatic heterocycles. The van der Waals surface area contributed by atoms with Crippen molar-refractivity contribution in [3.63, 3.8) is 0 Å². The molecule has 2 amide bonds. The van der Waals surface area contributed by atoms with Crippen molar-refractivity contribution in [3.05, 3.63) is 46.0 Å². The van der Waals surface area contributed by atoms with Crippen molar-refractivity contribution in [2.24, 2.45) is 0 Å². The largest absolute Gasteiger partial charge is 0.450 e. The van der Waals surface area contributed by atoms with E-state index in [0.717, 1.165) is 22.8 Å². The molecule has 1 aliphatic rings. The fraction of sp³-hybridized carbons (Fsp3) is 0.167. The fourth-order valence-electron chi connectivity index (χ4n) is 2.64. The molecule has 27 heavy (non-hydrogen) atoms. The number of thioether (sulfide) groups is 1. The lowest BCUT2D eigenvalue weighted by molar-refractivity contribution is -0.123. The number of H-pyrrole nitrogens is 1. The van der Waals surface area contributed by atoms with Crippen LogP contribution >= 0.6 is 35.1 Å². The second-order valence-electron chi connectivity index (χ2n) is 6.08. The van der Waals surface area contributed by atoms with E-state index in [1.165, 1.54) is 16.7 Å². The highest BCUT2D eigenvalue weighted by atomic mass is 35.5. The highest BCUT2D eigenvalue weighted by Gasteiger charge is 2.36. The van der Waals surface area contributed by atoms with Gasteiger partial charge in [-0.2, -0.15) is 0 Å². The number of hydrogen-bond acceptors (Lipinski definition) is 6. The molecule has 0 spiro atoms. The van der Waals surface area contributed by atoms with Gasteiger partial charge in [0.2, 0.25) is 0 Å². The third-order valence-electron chi connectivity index (χ3n) is 3.86. The van der Waals surface area contributed by atoms with Crippen LogP contribution in [0.1, 0.15) is 19.6 Å². The van der Waals surface area contributed by atoms with Crippen LogP contribution in [0.25, 0.3) is 17.1 Å². The van der Waals surface area contributed by atoms with Crippen LogP contribution in [-0.4, -0.2) is 32.1 Å². The average Bonchev–Trinajstić information content (AvgIpc) is 3.27. The van der Waals surface area contributed by atoms with Crippen LogP contribution in [0, 0.1) is 0 Å². The lowest BCUT2D eigenvalue weighted by Crippen LogP contribution is -2.34. The van der Waals surface area contributed by atoms with Crippen LogP contribution < -0.4 is 0 Å². The molecule has 3 heterocycles. The molecule has 3 aromatic rings. The summed E-state index contributed by atoms with van der Waals surface area (Å²) in [6.07, 6.45) is 1.59. The monoisotopic (exact) mass is 419 g/mol. The topological polar surface area (TPSA) is 79.2 Å². The van der Waals surface area contributed by atoms with Gasteiger partial charge in [-0.25, -0.2) is 4.98 Å². The predicted octanol–water partition coefficient (Wildman–Crippen LogP) is 5.41. The number of nitrogens with zero attached hydrogens (tertiary/aromatic N) is 2. The minimum Gasteiger partial charge on any atom is -0.450 e. The van der Waals surface area contributed by atoms with Gasteiger partial charge in [-0.1, -0.05) is 17.7 Å². The summed E-state index contributed by atoms with van der Waals surface area (Å²) in [4.78, 5) is 33.5. The Morgan fingerprint density at radius 3 is 2.81 bits per heavy atom. The van der Waals surface area contributed by atoms with E-state index in [4.69, 9.17) is 16.0 Å². The van der Waals surface area contributed by atoms with Crippen LogP contribution in [0.5, 0.6) is 0 Å². The molecule has 2 aromatic heterocycles. The number of imide groups is 1. The third kappa shape index (κ3) is 3.52. The highest BCUT2D eigenvalue weighted by Crippen LogP contribution is 2.35. The summed E-state index contributed by atoms with van der Waals surface area (Å²) >= 11 is 8.39. The van der Waals surface area contributed by atoms with Gasteiger partial charge < -0.3 is 9.40 Å². The molecule has 0 atom stereocenters. The first-order valence-corrected chi connectivity index (χ1v) is 10.1. The van der Waals surface area contributed by atoms with Crippen molar-refractivity contribution in [2.45, 2.75) is 30.1 Å². The number of carbonyl (C=O) groups excluding carboxylic acids is 2. The number of halogens is 1. The van der Waals surface area contributed by atoms with Crippen molar-refractivity contribution in [1.29, 1.82) is 0 Å². The molecule has 0 radical (unpaired) electrons. The second kappa shape index (κ2) is 7.10. The summed E-state index contributed by atoms with van der Waals surface area (Å²) in [5.41, 5.74) is 1.55. The van der Waals surface area contributed by atoms with Gasteiger partial charge in [0.05, 0.1) is 21.0 Å². The Bertz CT molecular complexity index is 1090. The number of amides is 2. The number of furan rings is 1. The number of para-hydroxylation sites is 1. The number of fused-ring (bicyclic) bond motifs is 1. The first-order chi connectivity index (χ1) is 12.9. The second-order valence-corrected chi connectivity index (χ2v) is 8.47. The van der Waals surface area contributed by atoms with Crippen molar-refractivity contribution in [1.82, 2.24) is 14.9 Å². The zero-order valence-electron chi connectivity index (χ0n) is 14.4. The van der Waals surface area contributed by atoms with Crippen LogP contribution in [0.2, 0.25) is 5.02 Å². The summed E-state index contributed by atoms with van der Waals surface area (Å²) in [7, 11) is 0. The molecule has 0 aliphatic carbocycles. The number of rotatable bonds is 4. The Morgan fingerprint density at radius 1 is 1.30 bits per heavy atom. The normalized spacial score (nSPS) is 16.4. The maximum Gasteiger partial charge on any atom is 0.293 e. The van der Waals surface area contributed by atoms with Crippen molar-refractivity contribution in [2.75, 3.05) is 0 Å². The van der Waals surface area contributed by atoms with Crippen LogP contribution in [0.3, 0.4) is 0 Å². The Morgan fingerprint density at radius 2 is 2.11 bits per heavy atom. The van der Waals surface area contributed by atoms with E-state index >= 15 is 0 Å². The molecular weight excluding hydrogens is 406 g/mol. The summed E-state index contributed by atoms with van der Waals surface area (Å²) in [6.45, 7) is 3.61. The maximum atomic E-state index is 12.3. The van der Waals surface area contributed by atoms with Crippen LogP contribution in [0.4, 0.5) is 4.79 Å². The summed E-state index contributed by atoms with van der Waals surface area (Å²) in [5.74, 6) is 0.207. The molecule has 1 N–H and O–H groups in total. The summed E-state index contributed by atoms with van der Waals surface area (Å²) in [6, 6.07) is 8.88. The molecule has 0 saturated carbocycles. The van der Waals surface area contributed by atoms with Gasteiger partial charge in [-0.3, -0.25) is 14.5 Å². The summed E-state index contributed by atoms with van der Waals surface area (Å²) in [5, 5.41) is 1.60. The summed E-state index contributed by atoms with van der Waals surface area (Å²) < 4.78 is 5.75. The minimum absolute atomic E-state index is 0.175. The number of hydrogen-bond donors (Lipinski definition) is 1. The Kier molecular flexibility index (Phi) is 4.79. The number of aromatic nitrogens is 2. The van der Waals surface area contributed by atoms with Crippen molar-refractivity contribution >= 4 is 63.4 Å². The van der Waals surface area contributed by atoms with Crippen molar-refractivity contribution in [3.8, 4) is 0 Å². The van der Waals surface area contributed by atoms with Gasteiger partial charge in [0, 0.05) is 12.1 Å². The molecule has 138 valence electrons. The molecule has 1 aromatic carbocycles. The number of carbonyl (C=O) groups is 2. The van der Waals surface area contributed by atoms with Gasteiger partial charge in [0.15, 0.2) is 10.2 Å². The molecule has 4 rings (SSSR count). The lowest BCUT2D eigenvalue weighted by atomic mass is 10.3. The van der Waals surface area contributed by atoms with Gasteiger partial charge >= 0.3 is 0 Å². The van der Waals surface area contributed by atoms with Crippen LogP contribution in [-0.2, 0) is 4.79 Å². The van der Waals surface area contributed by atoms with Gasteiger partial charge in [0.25, 0.3) is 11.1 Å². The molecule has 6 nitrogen and oxygen atoms in total. The van der Waals surface area contributed by atoms with Crippen LogP contribution in [0.15, 0.2) is 49.9 Å². The predicted molar refractivity (Wildman–Crippen MR) is 107 cm³/mol. The fourth-order valence-corrected chi connectivity index (χ4v) is 4.56. The zero-order chi connectivity index (χ0) is 19.1. The van der Waals surface area contributed by atoms with Gasteiger partial charge in [0.1, 0.15) is 5.76 Å². The van der Waals surface area contributed by atoms with E-state index in [1.807, 2.05) is 12.1 Å². The molecule has 1 fully saturated rings. The SMILES string of the molecule is CC(C)N1C(=O)SC(=Cc2ccc(Sc3nc4cccc(Cl)c4[nH]3)o2)C1=O. The average molecular weight is 420 g/mol. The van der Waals surface area contributed by atoms with Crippen molar-refractivity contribution < 1.29 is 14.0 Å². The van der Waals surface area contributed by atoms with Gasteiger partial charge in [-0.05, 0) is 61.6 Å². The number of imidazole rings is 1. The van der Waals surface area contributed by atoms with E-state index in [-0.39, 0.29) is 17.2 Å². The van der Waals surface area contributed by atoms with Gasteiger partial charge in [-0.15, -0.1) is 0 Å². The highest BCUT2D eigenvalue weighted by molar-refractivity contribution is 8.18. The molecule has 0 unspecified atom stereocenters. The number of benzene rings is 1. The first-order valence-electron chi connectivity index (χ1n) is 8.11. The van der Waals surface area contributed by atoms with E-state index in [1.54, 1.807) is 38.1 Å². The molecule has 9 heteroatoms. The number of aromatic amines is 1. The molecular formula is C18H14ClN3O3S2. The Balaban J connectivity index is 1.54. The van der Waals surface area contributed by atoms with E-state index in [2.05, 4.69) is 9.97 Å². The first kappa shape index (κ1) is 18.2. The standard InChI is InChI=1S/C18H14ClN3O3S2/c1-9(2)22-16(23)13(26-18(22)24)8-10-6-7-14(25-10)27-17-20-12-5-3-4-11(19)15(12)21-17/h3-9H,1-2H3,(H,20,21). The quantitative estimate of drug-likeness (QED) is 0.570. The maximum absolute atomic E-state index is 12.3. The molecule has 1 saturated heterocycles. The molecule has 0 bridgehead atoms. The Labute approximate surface area is 168 Å². The lowest BCUT2D eigenvalue weighted by Gasteiger charge is -2.16. The van der Waals surface area contributed by atoms with E-state index in [0.29, 0.717) is 25.9 Å².